The molecule has 104 valence electrons. The Morgan fingerprint density at radius 2 is 2.32 bits per heavy atom. The summed E-state index contributed by atoms with van der Waals surface area (Å²) < 4.78 is 0. The van der Waals surface area contributed by atoms with Crippen molar-refractivity contribution in [2.75, 3.05) is 18.0 Å². The van der Waals surface area contributed by atoms with E-state index >= 15 is 0 Å². The van der Waals surface area contributed by atoms with Crippen molar-refractivity contribution in [1.29, 1.82) is 0 Å². The third-order valence-corrected chi connectivity index (χ3v) is 3.64. The first-order valence-electron chi connectivity index (χ1n) is 6.93. The molecular weight excluding hydrogens is 240 g/mol. The Morgan fingerprint density at radius 1 is 1.53 bits per heavy atom. The average molecular weight is 262 g/mol. The van der Waals surface area contributed by atoms with Gasteiger partial charge in [0.25, 0.3) is 0 Å². The van der Waals surface area contributed by atoms with Crippen LogP contribution in [0.3, 0.4) is 0 Å². The molecule has 1 saturated heterocycles. The first-order chi connectivity index (χ1) is 9.17. The highest BCUT2D eigenvalue weighted by Crippen LogP contribution is 2.21. The molecule has 1 aromatic heterocycles. The molecule has 1 aromatic rings. The van der Waals surface area contributed by atoms with Gasteiger partial charge in [0.2, 0.25) is 5.91 Å². The summed E-state index contributed by atoms with van der Waals surface area (Å²) in [5.74, 6) is 0.100. The van der Waals surface area contributed by atoms with Crippen LogP contribution in [-0.2, 0) is 4.79 Å². The fourth-order valence-electron chi connectivity index (χ4n) is 2.43. The van der Waals surface area contributed by atoms with Gasteiger partial charge in [0.15, 0.2) is 0 Å². The topological polar surface area (TPSA) is 71.2 Å². The van der Waals surface area contributed by atoms with E-state index in [4.69, 9.17) is 5.73 Å². The van der Waals surface area contributed by atoms with Gasteiger partial charge in [0, 0.05) is 19.1 Å². The smallest absolute Gasteiger partial charge is 0.242 e. The number of carbonyl (C=O) groups is 1. The minimum absolute atomic E-state index is 0.0133. The van der Waals surface area contributed by atoms with E-state index in [0.29, 0.717) is 6.54 Å². The molecule has 0 bridgehead atoms. The van der Waals surface area contributed by atoms with Gasteiger partial charge in [-0.25, -0.2) is 0 Å². The molecule has 0 spiro atoms. The summed E-state index contributed by atoms with van der Waals surface area (Å²) in [5, 5.41) is 2.90. The molecule has 2 rings (SSSR count). The predicted molar refractivity (Wildman–Crippen MR) is 75.9 cm³/mol. The molecule has 0 saturated carbocycles. The number of aromatic nitrogens is 1. The second kappa shape index (κ2) is 6.02. The average Bonchev–Trinajstić information content (AvgIpc) is 2.46. The highest BCUT2D eigenvalue weighted by Gasteiger charge is 2.28. The maximum absolute atomic E-state index is 11.8. The van der Waals surface area contributed by atoms with E-state index in [0.717, 1.165) is 30.8 Å². The molecule has 2 heterocycles. The third kappa shape index (κ3) is 2.87. The summed E-state index contributed by atoms with van der Waals surface area (Å²) in [5.41, 5.74) is 7.86. The molecule has 5 nitrogen and oxygen atoms in total. The van der Waals surface area contributed by atoms with E-state index in [-0.39, 0.29) is 18.0 Å². The van der Waals surface area contributed by atoms with Crippen LogP contribution in [0.15, 0.2) is 18.3 Å². The van der Waals surface area contributed by atoms with Crippen molar-refractivity contribution in [1.82, 2.24) is 10.3 Å². The molecule has 3 N–H and O–H groups in total. The number of carbonyl (C=O) groups excluding carboxylic acids is 1. The quantitative estimate of drug-likeness (QED) is 0.855. The molecule has 0 radical (unpaired) electrons. The normalized spacial score (nSPS) is 21.1. The van der Waals surface area contributed by atoms with Gasteiger partial charge in [-0.1, -0.05) is 13.8 Å². The van der Waals surface area contributed by atoms with Crippen LogP contribution in [-0.4, -0.2) is 30.0 Å². The number of nitrogens with zero attached hydrogens (tertiary/aromatic N) is 2. The van der Waals surface area contributed by atoms with E-state index in [1.807, 2.05) is 32.2 Å². The van der Waals surface area contributed by atoms with Crippen molar-refractivity contribution < 1.29 is 4.79 Å². The lowest BCUT2D eigenvalue weighted by Crippen LogP contribution is -2.55. The van der Waals surface area contributed by atoms with Crippen molar-refractivity contribution in [3.05, 3.63) is 24.0 Å². The van der Waals surface area contributed by atoms with Crippen LogP contribution in [0, 0.1) is 0 Å². The van der Waals surface area contributed by atoms with E-state index in [1.54, 1.807) is 0 Å². The Bertz CT molecular complexity index is 432. The lowest BCUT2D eigenvalue weighted by atomic mass is 10.1. The summed E-state index contributed by atoms with van der Waals surface area (Å²) in [6.07, 6.45) is 3.49. The predicted octanol–water partition coefficient (Wildman–Crippen LogP) is 1.21. The first-order valence-corrected chi connectivity index (χ1v) is 6.93. The lowest BCUT2D eigenvalue weighted by molar-refractivity contribution is -0.123. The molecule has 0 aliphatic carbocycles. The van der Waals surface area contributed by atoms with Crippen LogP contribution in [0.5, 0.6) is 0 Å². The lowest BCUT2D eigenvalue weighted by Gasteiger charge is -2.36. The summed E-state index contributed by atoms with van der Waals surface area (Å²) >= 11 is 0. The number of amides is 1. The zero-order valence-electron chi connectivity index (χ0n) is 11.6. The van der Waals surface area contributed by atoms with Crippen molar-refractivity contribution in [2.45, 2.75) is 38.8 Å². The number of piperazine rings is 1. The second-order valence-corrected chi connectivity index (χ2v) is 4.86. The van der Waals surface area contributed by atoms with Gasteiger partial charge >= 0.3 is 0 Å². The van der Waals surface area contributed by atoms with Crippen LogP contribution in [0.2, 0.25) is 0 Å². The molecule has 2 atom stereocenters. The molecule has 1 unspecified atom stereocenters. The SMILES string of the molecule is CCC1C(=O)NCCN1c1ccc([C@H](N)CC)nc1. The highest BCUT2D eigenvalue weighted by atomic mass is 16.2. The van der Waals surface area contributed by atoms with Gasteiger partial charge in [0.05, 0.1) is 17.6 Å². The number of nitrogens with one attached hydrogen (secondary N) is 1. The maximum Gasteiger partial charge on any atom is 0.242 e. The molecule has 1 aliphatic rings. The van der Waals surface area contributed by atoms with Gasteiger partial charge in [-0.2, -0.15) is 0 Å². The van der Waals surface area contributed by atoms with Gasteiger partial charge in [0.1, 0.15) is 6.04 Å². The van der Waals surface area contributed by atoms with Crippen LogP contribution in [0.1, 0.15) is 38.4 Å². The molecule has 0 aromatic carbocycles. The first kappa shape index (κ1) is 13.8. The third-order valence-electron chi connectivity index (χ3n) is 3.64. The molecule has 5 heteroatoms. The maximum atomic E-state index is 11.8. The Balaban J connectivity index is 2.18. The zero-order valence-corrected chi connectivity index (χ0v) is 11.6. The number of anilines is 1. The van der Waals surface area contributed by atoms with Crippen LogP contribution < -0.4 is 16.0 Å². The fraction of sp³-hybridized carbons (Fsp3) is 0.571. The molecular formula is C14H22N4O. The fourth-order valence-corrected chi connectivity index (χ4v) is 2.43. The number of hydrogen-bond donors (Lipinski definition) is 2. The molecule has 19 heavy (non-hydrogen) atoms. The number of hydrogen-bond acceptors (Lipinski definition) is 4. The van der Waals surface area contributed by atoms with Gasteiger partial charge in [-0.05, 0) is 25.0 Å². The van der Waals surface area contributed by atoms with Crippen LogP contribution in [0.4, 0.5) is 5.69 Å². The summed E-state index contributed by atoms with van der Waals surface area (Å²) in [6.45, 7) is 5.58. The molecule has 1 fully saturated rings. The van der Waals surface area contributed by atoms with Crippen molar-refractivity contribution >= 4 is 11.6 Å². The van der Waals surface area contributed by atoms with E-state index in [9.17, 15) is 4.79 Å². The standard InChI is InChI=1S/C14H22N4O/c1-3-11(15)12-6-5-10(9-17-12)18-8-7-16-14(19)13(18)4-2/h5-6,9,11,13H,3-4,7-8,15H2,1-2H3,(H,16,19)/t11-,13?/m1/s1. The van der Waals surface area contributed by atoms with Crippen molar-refractivity contribution in [3.8, 4) is 0 Å². The van der Waals surface area contributed by atoms with E-state index in [1.165, 1.54) is 0 Å². The summed E-state index contributed by atoms with van der Waals surface area (Å²) in [4.78, 5) is 18.4. The summed E-state index contributed by atoms with van der Waals surface area (Å²) in [7, 11) is 0. The Kier molecular flexibility index (Phi) is 4.37. The molecule has 1 amide bonds. The minimum atomic E-state index is -0.0961. The van der Waals surface area contributed by atoms with Gasteiger partial charge in [-0.3, -0.25) is 9.78 Å². The van der Waals surface area contributed by atoms with E-state index in [2.05, 4.69) is 15.2 Å². The number of pyridine rings is 1. The molecule has 1 aliphatic heterocycles. The summed E-state index contributed by atoms with van der Waals surface area (Å²) in [6, 6.07) is 3.86. The number of rotatable bonds is 4. The minimum Gasteiger partial charge on any atom is -0.357 e. The van der Waals surface area contributed by atoms with Crippen molar-refractivity contribution in [2.24, 2.45) is 5.73 Å². The van der Waals surface area contributed by atoms with E-state index < -0.39 is 0 Å². The monoisotopic (exact) mass is 262 g/mol. The highest BCUT2D eigenvalue weighted by molar-refractivity contribution is 5.86. The van der Waals surface area contributed by atoms with Crippen molar-refractivity contribution in [3.63, 3.8) is 0 Å². The largest absolute Gasteiger partial charge is 0.357 e. The van der Waals surface area contributed by atoms with Gasteiger partial charge in [-0.15, -0.1) is 0 Å². The Morgan fingerprint density at radius 3 is 2.89 bits per heavy atom. The van der Waals surface area contributed by atoms with Crippen LogP contribution in [0.25, 0.3) is 0 Å². The Hall–Kier alpha value is -1.62. The second-order valence-electron chi connectivity index (χ2n) is 4.86. The van der Waals surface area contributed by atoms with Crippen LogP contribution >= 0.6 is 0 Å². The Labute approximate surface area is 114 Å². The van der Waals surface area contributed by atoms with Gasteiger partial charge < -0.3 is 16.0 Å². The number of nitrogens with two attached hydrogens (primary N) is 1. The zero-order chi connectivity index (χ0) is 13.8.